The Morgan fingerprint density at radius 2 is 2.03 bits per heavy atom. The maximum Gasteiger partial charge on any atom is 0.336 e. The zero-order valence-electron chi connectivity index (χ0n) is 17.9. The average molecular weight is 413 g/mol. The molecule has 1 atom stereocenters. The molecule has 1 aliphatic heterocycles. The summed E-state index contributed by atoms with van der Waals surface area (Å²) in [6.45, 7) is 8.11. The Morgan fingerprint density at radius 3 is 2.70 bits per heavy atom. The Balaban J connectivity index is 2.16. The second kappa shape index (κ2) is 8.62. The van der Waals surface area contributed by atoms with Crippen molar-refractivity contribution in [3.05, 3.63) is 57.6 Å². The van der Waals surface area contributed by atoms with Crippen LogP contribution in [0.3, 0.4) is 0 Å². The minimum atomic E-state index is -0.779. The summed E-state index contributed by atoms with van der Waals surface area (Å²) in [6, 6.07) is 6.48. The fourth-order valence-corrected chi connectivity index (χ4v) is 4.31. The van der Waals surface area contributed by atoms with Gasteiger partial charge in [-0.05, 0) is 36.8 Å². The first-order valence-electron chi connectivity index (χ1n) is 10.3. The van der Waals surface area contributed by atoms with Gasteiger partial charge >= 0.3 is 5.97 Å². The topological polar surface area (TPSA) is 102 Å². The third-order valence-electron chi connectivity index (χ3n) is 5.64. The number of nitrogens with one attached hydrogen (secondary N) is 1. The van der Waals surface area contributed by atoms with Gasteiger partial charge in [0.25, 0.3) is 0 Å². The fourth-order valence-electron chi connectivity index (χ4n) is 4.31. The Kier molecular flexibility index (Phi) is 6.33. The molecule has 1 aliphatic carbocycles. The highest BCUT2D eigenvalue weighted by molar-refractivity contribution is 6.04. The van der Waals surface area contributed by atoms with E-state index in [9.17, 15) is 20.0 Å². The maximum atomic E-state index is 13.2. The second-order valence-electron chi connectivity index (χ2n) is 8.75. The number of benzene rings is 1. The predicted molar refractivity (Wildman–Crippen MR) is 114 cm³/mol. The van der Waals surface area contributed by atoms with Crippen molar-refractivity contribution >= 4 is 17.4 Å². The molecule has 0 spiro atoms. The second-order valence-corrected chi connectivity index (χ2v) is 8.75. The Labute approximate surface area is 176 Å². The van der Waals surface area contributed by atoms with E-state index in [2.05, 4.69) is 5.32 Å². The van der Waals surface area contributed by atoms with E-state index < -0.39 is 11.9 Å². The van der Waals surface area contributed by atoms with Crippen molar-refractivity contribution in [2.24, 2.45) is 5.41 Å². The van der Waals surface area contributed by atoms with Gasteiger partial charge < -0.3 is 20.5 Å². The molecule has 1 aromatic rings. The van der Waals surface area contributed by atoms with Crippen LogP contribution in [0.1, 0.15) is 64.9 Å². The van der Waals surface area contributed by atoms with Crippen molar-refractivity contribution in [1.82, 2.24) is 5.32 Å². The number of nitrogens with zero attached hydrogens (tertiary/aromatic N) is 1. The molecule has 0 radical (unpaired) electrons. The third-order valence-corrected chi connectivity index (χ3v) is 5.64. The van der Waals surface area contributed by atoms with E-state index in [-0.39, 0.29) is 28.7 Å². The molecular weight excluding hydrogens is 384 g/mol. The number of unbranched alkanes of at least 4 members (excludes halogenated alkanes) is 1. The zero-order valence-corrected chi connectivity index (χ0v) is 17.9. The van der Waals surface area contributed by atoms with Crippen LogP contribution in [0.2, 0.25) is 0 Å². The summed E-state index contributed by atoms with van der Waals surface area (Å²) < 4.78 is 5.48. The smallest absolute Gasteiger partial charge is 0.336 e. The number of Topliss-reactive ketones (excluding diaryl/α,β-unsaturated/α-hetero) is 1. The van der Waals surface area contributed by atoms with E-state index in [0.717, 1.165) is 18.5 Å². The molecule has 3 rings (SSSR count). The zero-order chi connectivity index (χ0) is 22.1. The van der Waals surface area contributed by atoms with Crippen LogP contribution < -0.4 is 10.5 Å². The van der Waals surface area contributed by atoms with Gasteiger partial charge in [-0.1, -0.05) is 45.4 Å². The highest BCUT2D eigenvalue weighted by Gasteiger charge is 2.43. The van der Waals surface area contributed by atoms with Gasteiger partial charge in [0.2, 0.25) is 0 Å². The number of rotatable bonds is 6. The van der Waals surface area contributed by atoms with Crippen molar-refractivity contribution < 1.29 is 19.5 Å². The van der Waals surface area contributed by atoms with Crippen molar-refractivity contribution in [1.29, 1.82) is 0 Å². The molecule has 7 nitrogen and oxygen atoms in total. The van der Waals surface area contributed by atoms with Gasteiger partial charge in [0, 0.05) is 23.4 Å². The summed E-state index contributed by atoms with van der Waals surface area (Å²) in [4.78, 5) is 26.3. The number of anilines is 1. The Morgan fingerprint density at radius 1 is 1.33 bits per heavy atom. The number of ether oxygens (including phenoxy) is 1. The monoisotopic (exact) mass is 413 g/mol. The van der Waals surface area contributed by atoms with Crippen LogP contribution in [0.4, 0.5) is 5.69 Å². The minimum Gasteiger partial charge on any atom is -0.733 e. The van der Waals surface area contributed by atoms with Gasteiger partial charge in [0.1, 0.15) is 0 Å². The molecule has 1 aromatic carbocycles. The van der Waals surface area contributed by atoms with Crippen LogP contribution in [0.25, 0.3) is 0 Å². The van der Waals surface area contributed by atoms with E-state index in [1.54, 1.807) is 25.1 Å². The van der Waals surface area contributed by atoms with Gasteiger partial charge in [-0.3, -0.25) is 10.0 Å². The summed E-state index contributed by atoms with van der Waals surface area (Å²) >= 11 is 0. The molecule has 162 valence electrons. The lowest BCUT2D eigenvalue weighted by Gasteiger charge is -2.40. The number of dihydropyridines is 1. The van der Waals surface area contributed by atoms with E-state index >= 15 is 0 Å². The first-order valence-corrected chi connectivity index (χ1v) is 10.3. The molecule has 1 heterocycles. The van der Waals surface area contributed by atoms with Crippen LogP contribution in [0, 0.1) is 10.6 Å². The number of ketones is 1. The molecular formula is C23H29N2O5-. The highest BCUT2D eigenvalue weighted by atomic mass is 16.8. The Bertz CT molecular complexity index is 914. The highest BCUT2D eigenvalue weighted by Crippen LogP contribution is 2.48. The van der Waals surface area contributed by atoms with Crippen molar-refractivity contribution in [2.75, 3.05) is 11.8 Å². The summed E-state index contributed by atoms with van der Waals surface area (Å²) in [6.07, 6.45) is 2.60. The molecule has 0 bridgehead atoms. The van der Waals surface area contributed by atoms with Crippen LogP contribution in [-0.4, -0.2) is 23.6 Å². The lowest BCUT2D eigenvalue weighted by molar-refractivity contribution is -0.139. The SMILES string of the molecule is CCCCOC(=O)C1=C(C)NC2=C(C(=O)CC(C)(C)C2)C1c1ccccc1N([O-])O. The van der Waals surface area contributed by atoms with Gasteiger partial charge in [-0.2, -0.15) is 0 Å². The van der Waals surface area contributed by atoms with Crippen molar-refractivity contribution in [3.63, 3.8) is 0 Å². The lowest BCUT2D eigenvalue weighted by atomic mass is 9.68. The van der Waals surface area contributed by atoms with E-state index in [1.807, 2.05) is 20.8 Å². The molecule has 7 heteroatoms. The number of para-hydroxylation sites is 1. The largest absolute Gasteiger partial charge is 0.733 e. The summed E-state index contributed by atoms with van der Waals surface area (Å²) in [7, 11) is 0. The maximum absolute atomic E-state index is 13.2. The van der Waals surface area contributed by atoms with E-state index in [0.29, 0.717) is 35.2 Å². The fraction of sp³-hybridized carbons (Fsp3) is 0.478. The molecule has 0 amide bonds. The van der Waals surface area contributed by atoms with Crippen molar-refractivity contribution in [2.45, 2.75) is 59.3 Å². The van der Waals surface area contributed by atoms with Crippen molar-refractivity contribution in [3.8, 4) is 0 Å². The first kappa shape index (κ1) is 22.1. The van der Waals surface area contributed by atoms with Gasteiger partial charge in [0.05, 0.1) is 23.8 Å². The Hall–Kier alpha value is -2.64. The molecule has 1 unspecified atom stereocenters. The number of hydrogen-bond donors (Lipinski definition) is 2. The van der Waals surface area contributed by atoms with Gasteiger partial charge in [-0.25, -0.2) is 4.79 Å². The normalized spacial score (nSPS) is 20.6. The number of hydrogen-bond acceptors (Lipinski definition) is 7. The number of esters is 1. The summed E-state index contributed by atoms with van der Waals surface area (Å²) in [5.41, 5.74) is 2.31. The van der Waals surface area contributed by atoms with Crippen LogP contribution in [0.5, 0.6) is 0 Å². The molecule has 2 N–H and O–H groups in total. The number of carbonyl (C=O) groups is 2. The predicted octanol–water partition coefficient (Wildman–Crippen LogP) is 4.33. The standard InChI is InChI=1S/C23H29N2O5/c1-5-6-11-30-22(27)19-14(2)24-16-12-23(3,4)13-18(26)21(16)20(19)15-9-7-8-10-17(15)25(28)29/h7-10,20,24,28H,5-6,11-13H2,1-4H3/q-1. The van der Waals surface area contributed by atoms with Crippen LogP contribution in [0.15, 0.2) is 46.8 Å². The van der Waals surface area contributed by atoms with Crippen LogP contribution in [-0.2, 0) is 14.3 Å². The third kappa shape index (κ3) is 4.27. The van der Waals surface area contributed by atoms with Crippen LogP contribution >= 0.6 is 0 Å². The van der Waals surface area contributed by atoms with E-state index in [1.165, 1.54) is 6.07 Å². The summed E-state index contributed by atoms with van der Waals surface area (Å²) in [5.74, 6) is -1.37. The van der Waals surface area contributed by atoms with Gasteiger partial charge in [-0.15, -0.1) is 0 Å². The molecule has 0 saturated heterocycles. The molecule has 0 saturated carbocycles. The molecule has 30 heavy (non-hydrogen) atoms. The first-order chi connectivity index (χ1) is 14.2. The quantitative estimate of drug-likeness (QED) is 0.407. The van der Waals surface area contributed by atoms with E-state index in [4.69, 9.17) is 4.74 Å². The molecule has 2 aliphatic rings. The minimum absolute atomic E-state index is 0.000502. The number of carbonyl (C=O) groups excluding carboxylic acids is 2. The average Bonchev–Trinajstić information content (AvgIpc) is 2.65. The summed E-state index contributed by atoms with van der Waals surface area (Å²) in [5, 5.41) is 24.6. The molecule has 0 aromatic heterocycles. The van der Waals surface area contributed by atoms with Gasteiger partial charge in [0.15, 0.2) is 5.78 Å². The number of allylic oxidation sites excluding steroid dienone is 3. The molecule has 0 fully saturated rings. The lowest BCUT2D eigenvalue weighted by Crippen LogP contribution is -2.39.